The zero-order valence-corrected chi connectivity index (χ0v) is 30.1. The summed E-state index contributed by atoms with van der Waals surface area (Å²) in [4.78, 5) is 29.3. The summed E-state index contributed by atoms with van der Waals surface area (Å²) in [5.74, 6) is 1.54. The minimum atomic E-state index is -3.63. The lowest BCUT2D eigenvalue weighted by Gasteiger charge is -2.43. The Morgan fingerprint density at radius 3 is 2.46 bits per heavy atom. The number of ether oxygens (including phenoxy) is 1. The molecule has 7 rings (SSSR count). The van der Waals surface area contributed by atoms with E-state index in [0.29, 0.717) is 51.6 Å². The number of rotatable bonds is 10. The molecule has 264 valence electrons. The lowest BCUT2D eigenvalue weighted by molar-refractivity contribution is 0.0982. The Morgan fingerprint density at radius 2 is 1.74 bits per heavy atom. The standard InChI is InChI=1S/C35H45N11O3S/c1-6-23-21-28(30(49-4)22-29(23)46-15-10-24(11-16-46)45-19-17-43(2)18-20-45)40-35-41-33-25(9-12-38-33)34(42-35)39-27-8-7-26-31(37-14-13-36-26)32(27)44(3)50(5,47)48/h7-9,12-14,21-22,24H,6,10-11,15-20H2,1-5H3,(H3,38,39,40,41,42). The molecule has 2 fully saturated rings. The molecule has 5 heterocycles. The number of nitrogens with zero attached hydrogens (tertiary/aromatic N) is 8. The molecule has 15 heteroatoms. The number of nitrogens with one attached hydrogen (secondary N) is 3. The Labute approximate surface area is 292 Å². The van der Waals surface area contributed by atoms with E-state index in [1.54, 1.807) is 37.8 Å². The highest BCUT2D eigenvalue weighted by Gasteiger charge is 2.28. The Balaban J connectivity index is 1.18. The number of benzene rings is 2. The van der Waals surface area contributed by atoms with Crippen molar-refractivity contribution in [1.82, 2.24) is 34.7 Å². The van der Waals surface area contributed by atoms with Gasteiger partial charge in [-0.1, -0.05) is 6.92 Å². The molecule has 50 heavy (non-hydrogen) atoms. The van der Waals surface area contributed by atoms with Crippen molar-refractivity contribution in [3.63, 3.8) is 0 Å². The zero-order chi connectivity index (χ0) is 35.0. The van der Waals surface area contributed by atoms with Gasteiger partial charge in [-0.2, -0.15) is 9.97 Å². The van der Waals surface area contributed by atoms with Crippen molar-refractivity contribution in [2.45, 2.75) is 32.2 Å². The van der Waals surface area contributed by atoms with Gasteiger partial charge in [-0.25, -0.2) is 8.42 Å². The molecule has 3 aromatic heterocycles. The second-order valence-electron chi connectivity index (χ2n) is 13.1. The smallest absolute Gasteiger partial charge is 0.232 e. The number of likely N-dealkylation sites (N-methyl/N-ethyl adjacent to an activating group) is 1. The lowest BCUT2D eigenvalue weighted by Crippen LogP contribution is -2.52. The Morgan fingerprint density at radius 1 is 0.980 bits per heavy atom. The van der Waals surface area contributed by atoms with Crippen LogP contribution in [0.2, 0.25) is 0 Å². The first-order valence-electron chi connectivity index (χ1n) is 17.1. The maximum atomic E-state index is 12.7. The van der Waals surface area contributed by atoms with Crippen molar-refractivity contribution in [3.8, 4) is 5.75 Å². The monoisotopic (exact) mass is 699 g/mol. The Bertz CT molecular complexity index is 2110. The van der Waals surface area contributed by atoms with E-state index in [9.17, 15) is 8.42 Å². The van der Waals surface area contributed by atoms with E-state index in [1.165, 1.54) is 22.6 Å². The van der Waals surface area contributed by atoms with Crippen LogP contribution in [0, 0.1) is 0 Å². The average Bonchev–Trinajstić information content (AvgIpc) is 3.60. The summed E-state index contributed by atoms with van der Waals surface area (Å²) < 4.78 is 32.6. The third-order valence-corrected chi connectivity index (χ3v) is 11.2. The fraction of sp³-hybridized carbons (Fsp3) is 0.429. The van der Waals surface area contributed by atoms with Gasteiger partial charge in [-0.15, -0.1) is 0 Å². The lowest BCUT2D eigenvalue weighted by atomic mass is 9.99. The quantitative estimate of drug-likeness (QED) is 0.188. The van der Waals surface area contributed by atoms with Crippen molar-refractivity contribution in [1.29, 1.82) is 0 Å². The molecule has 2 aromatic carbocycles. The van der Waals surface area contributed by atoms with Gasteiger partial charge < -0.3 is 30.2 Å². The van der Waals surface area contributed by atoms with E-state index in [-0.39, 0.29) is 0 Å². The van der Waals surface area contributed by atoms with Gasteiger partial charge in [0, 0.05) is 82.7 Å². The third kappa shape index (κ3) is 6.72. The summed E-state index contributed by atoms with van der Waals surface area (Å²) in [7, 11) is 1.76. The van der Waals surface area contributed by atoms with Crippen LogP contribution in [0.5, 0.6) is 5.75 Å². The summed E-state index contributed by atoms with van der Waals surface area (Å²) in [5.41, 5.74) is 5.68. The maximum Gasteiger partial charge on any atom is 0.232 e. The van der Waals surface area contributed by atoms with Gasteiger partial charge in [0.1, 0.15) is 28.4 Å². The molecule has 3 N–H and O–H groups in total. The van der Waals surface area contributed by atoms with Gasteiger partial charge in [0.25, 0.3) is 0 Å². The fourth-order valence-corrected chi connectivity index (χ4v) is 7.58. The fourth-order valence-electron chi connectivity index (χ4n) is 7.06. The summed E-state index contributed by atoms with van der Waals surface area (Å²) in [5, 5.41) is 7.53. The van der Waals surface area contributed by atoms with Crippen molar-refractivity contribution in [3.05, 3.63) is 54.5 Å². The zero-order valence-electron chi connectivity index (χ0n) is 29.3. The first-order valence-corrected chi connectivity index (χ1v) is 18.9. The molecule has 0 atom stereocenters. The van der Waals surface area contributed by atoms with Gasteiger partial charge in [0.15, 0.2) is 0 Å². The SMILES string of the molecule is CCc1cc(Nc2nc(Nc3ccc4nccnc4c3N(C)S(C)(=O)=O)c3cc[nH]c3n2)c(OC)cc1N1CCC(N2CCN(C)CC2)CC1. The number of hydrogen-bond donors (Lipinski definition) is 3. The molecule has 0 amide bonds. The second kappa shape index (κ2) is 13.9. The minimum absolute atomic E-state index is 0.349. The van der Waals surface area contributed by atoms with Crippen LogP contribution in [0.3, 0.4) is 0 Å². The predicted octanol–water partition coefficient (Wildman–Crippen LogP) is 4.57. The molecule has 0 spiro atoms. The number of fused-ring (bicyclic) bond motifs is 2. The molecular weight excluding hydrogens is 655 g/mol. The summed E-state index contributed by atoms with van der Waals surface area (Å²) in [6, 6.07) is 10.4. The van der Waals surface area contributed by atoms with Crippen LogP contribution in [0.1, 0.15) is 25.3 Å². The number of sulfonamides is 1. The molecular formula is C35H45N11O3S. The van der Waals surface area contributed by atoms with Crippen molar-refractivity contribution in [2.24, 2.45) is 0 Å². The van der Waals surface area contributed by atoms with Gasteiger partial charge in [0.2, 0.25) is 16.0 Å². The Kier molecular flexibility index (Phi) is 9.37. The molecule has 5 aromatic rings. The molecule has 0 aliphatic carbocycles. The number of H-pyrrole nitrogens is 1. The summed E-state index contributed by atoms with van der Waals surface area (Å²) in [6.45, 7) is 8.79. The van der Waals surface area contributed by atoms with E-state index in [1.807, 2.05) is 6.07 Å². The van der Waals surface area contributed by atoms with Crippen LogP contribution in [-0.2, 0) is 16.4 Å². The van der Waals surface area contributed by atoms with Gasteiger partial charge in [-0.3, -0.25) is 19.2 Å². The number of anilines is 6. The molecule has 0 saturated carbocycles. The van der Waals surface area contributed by atoms with E-state index >= 15 is 0 Å². The highest BCUT2D eigenvalue weighted by Crippen LogP contribution is 2.39. The number of hydrogen-bond acceptors (Lipinski definition) is 12. The van der Waals surface area contributed by atoms with Gasteiger partial charge in [-0.05, 0) is 56.1 Å². The summed E-state index contributed by atoms with van der Waals surface area (Å²) in [6.07, 6.45) is 9.23. The molecule has 14 nitrogen and oxygen atoms in total. The molecule has 2 aliphatic rings. The predicted molar refractivity (Wildman–Crippen MR) is 200 cm³/mol. The normalized spacial score (nSPS) is 16.6. The van der Waals surface area contributed by atoms with E-state index < -0.39 is 10.0 Å². The first-order chi connectivity index (χ1) is 24.1. The first kappa shape index (κ1) is 33.8. The average molecular weight is 700 g/mol. The van der Waals surface area contributed by atoms with E-state index in [2.05, 4.69) is 66.4 Å². The largest absolute Gasteiger partial charge is 0.494 e. The molecule has 2 aliphatic heterocycles. The maximum absolute atomic E-state index is 12.7. The van der Waals surface area contributed by atoms with Crippen LogP contribution in [0.4, 0.5) is 34.5 Å². The van der Waals surface area contributed by atoms with E-state index in [0.717, 1.165) is 75.9 Å². The Hall–Kier alpha value is -4.73. The molecule has 0 radical (unpaired) electrons. The van der Waals surface area contributed by atoms with E-state index in [4.69, 9.17) is 14.7 Å². The summed E-state index contributed by atoms with van der Waals surface area (Å²) >= 11 is 0. The van der Waals surface area contributed by atoms with Crippen LogP contribution < -0.4 is 24.6 Å². The van der Waals surface area contributed by atoms with Crippen molar-refractivity contribution >= 4 is 66.6 Å². The number of methoxy groups -OCH3 is 1. The van der Waals surface area contributed by atoms with Crippen LogP contribution in [-0.4, -0.2) is 116 Å². The van der Waals surface area contributed by atoms with Gasteiger partial charge >= 0.3 is 0 Å². The number of aryl methyl sites for hydroxylation is 1. The molecule has 0 unspecified atom stereocenters. The van der Waals surface area contributed by atoms with Crippen LogP contribution in [0.25, 0.3) is 22.1 Å². The number of piperidine rings is 1. The van der Waals surface area contributed by atoms with Gasteiger partial charge in [0.05, 0.1) is 35.6 Å². The highest BCUT2D eigenvalue weighted by molar-refractivity contribution is 7.92. The molecule has 0 bridgehead atoms. The topological polar surface area (TPSA) is 148 Å². The number of piperazine rings is 1. The highest BCUT2D eigenvalue weighted by atomic mass is 32.2. The third-order valence-electron chi connectivity index (χ3n) is 9.98. The number of aromatic nitrogens is 5. The van der Waals surface area contributed by atoms with Crippen molar-refractivity contribution in [2.75, 3.05) is 86.6 Å². The van der Waals surface area contributed by atoms with Crippen LogP contribution in [0.15, 0.2) is 48.9 Å². The number of aromatic amines is 1. The second-order valence-corrected chi connectivity index (χ2v) is 15.1. The molecule has 2 saturated heterocycles. The van der Waals surface area contributed by atoms with Crippen LogP contribution >= 0.6 is 0 Å². The van der Waals surface area contributed by atoms with Crippen molar-refractivity contribution < 1.29 is 13.2 Å². The minimum Gasteiger partial charge on any atom is -0.494 e.